The molecule has 4 aromatic rings. The maximum absolute atomic E-state index is 13.2. The van der Waals surface area contributed by atoms with Gasteiger partial charge >= 0.3 is 11.8 Å². The molecule has 0 aliphatic heterocycles. The predicted octanol–water partition coefficient (Wildman–Crippen LogP) is 5.68. The molecule has 0 spiro atoms. The van der Waals surface area contributed by atoms with E-state index >= 15 is 0 Å². The highest BCUT2D eigenvalue weighted by Gasteiger charge is 2.21. The third-order valence-corrected chi connectivity index (χ3v) is 5.89. The monoisotopic (exact) mass is 566 g/mol. The summed E-state index contributed by atoms with van der Waals surface area (Å²) in [6.45, 7) is 2.67. The third kappa shape index (κ3) is 6.53. The van der Waals surface area contributed by atoms with Crippen LogP contribution in [0.4, 0.5) is 15.8 Å². The zero-order valence-electron chi connectivity index (χ0n) is 19.9. The minimum Gasteiger partial charge on any atom is -0.494 e. The van der Waals surface area contributed by atoms with Crippen molar-refractivity contribution >= 4 is 55.9 Å². The van der Waals surface area contributed by atoms with Crippen LogP contribution in [-0.4, -0.2) is 29.0 Å². The van der Waals surface area contributed by atoms with Gasteiger partial charge in [0.2, 0.25) is 0 Å². The molecular weight excluding hydrogens is 543 g/mol. The average molecular weight is 567 g/mol. The van der Waals surface area contributed by atoms with Crippen LogP contribution in [0.1, 0.15) is 30.3 Å². The number of halogens is 2. The fourth-order valence-corrected chi connectivity index (χ4v) is 3.89. The zero-order valence-corrected chi connectivity index (χ0v) is 21.5. The molecule has 0 saturated heterocycles. The lowest BCUT2D eigenvalue weighted by atomic mass is 10.2. The van der Waals surface area contributed by atoms with Crippen molar-refractivity contribution in [3.05, 3.63) is 88.8 Å². The van der Waals surface area contributed by atoms with Crippen molar-refractivity contribution in [1.29, 1.82) is 0 Å². The molecule has 0 unspecified atom stereocenters. The van der Waals surface area contributed by atoms with E-state index in [1.807, 2.05) is 0 Å². The highest BCUT2D eigenvalue weighted by Crippen LogP contribution is 2.24. The summed E-state index contributed by atoms with van der Waals surface area (Å²) in [5.74, 6) is -2.21. The molecule has 0 fully saturated rings. The lowest BCUT2D eigenvalue weighted by molar-refractivity contribution is -0.133. The predicted molar refractivity (Wildman–Crippen MR) is 144 cm³/mol. The molecule has 8 nitrogen and oxygen atoms in total. The molecule has 1 aromatic heterocycles. The number of unbranched alkanes of at least 4 members (excludes halogenated alkanes) is 1. The summed E-state index contributed by atoms with van der Waals surface area (Å²) in [6.07, 6.45) is 1.96. The van der Waals surface area contributed by atoms with Gasteiger partial charge in [0.1, 0.15) is 17.3 Å². The Balaban J connectivity index is 1.51. The second-order valence-corrected chi connectivity index (χ2v) is 9.07. The maximum atomic E-state index is 13.2. The molecule has 3 amide bonds. The van der Waals surface area contributed by atoms with Crippen molar-refractivity contribution < 1.29 is 23.5 Å². The lowest BCUT2D eigenvalue weighted by Gasteiger charge is -2.13. The van der Waals surface area contributed by atoms with Crippen molar-refractivity contribution in [2.75, 3.05) is 22.7 Å². The summed E-state index contributed by atoms with van der Waals surface area (Å²) >= 11 is 3.39. The quantitative estimate of drug-likeness (QED) is 0.188. The first kappa shape index (κ1) is 25.9. The van der Waals surface area contributed by atoms with Crippen LogP contribution in [0, 0.1) is 5.82 Å². The molecule has 190 valence electrons. The Kier molecular flexibility index (Phi) is 8.19. The Labute approximate surface area is 220 Å². The molecule has 4 rings (SSSR count). The highest BCUT2D eigenvalue weighted by atomic mass is 79.9. The SMILES string of the molecule is CCCCOc1ccc(NC(=O)C(=O)Nn2c(C(=O)Nc3ccc(F)cc3)cc3cc(Br)ccc32)cc1. The van der Waals surface area contributed by atoms with Crippen molar-refractivity contribution in [3.8, 4) is 5.75 Å². The number of anilines is 2. The van der Waals surface area contributed by atoms with E-state index in [0.717, 1.165) is 17.3 Å². The molecule has 0 saturated carbocycles. The third-order valence-electron chi connectivity index (χ3n) is 5.40. The first-order chi connectivity index (χ1) is 17.8. The number of hydrogen-bond acceptors (Lipinski definition) is 4. The molecule has 37 heavy (non-hydrogen) atoms. The largest absolute Gasteiger partial charge is 0.494 e. The maximum Gasteiger partial charge on any atom is 0.328 e. The number of ether oxygens (including phenoxy) is 1. The number of nitrogens with one attached hydrogen (secondary N) is 3. The summed E-state index contributed by atoms with van der Waals surface area (Å²) in [4.78, 5) is 38.4. The van der Waals surface area contributed by atoms with E-state index in [4.69, 9.17) is 4.74 Å². The van der Waals surface area contributed by atoms with Gasteiger partial charge in [0.15, 0.2) is 0 Å². The molecule has 10 heteroatoms. The molecule has 0 bridgehead atoms. The number of carbonyl (C=O) groups excluding carboxylic acids is 3. The van der Waals surface area contributed by atoms with E-state index in [-0.39, 0.29) is 5.69 Å². The van der Waals surface area contributed by atoms with Crippen LogP contribution >= 0.6 is 15.9 Å². The van der Waals surface area contributed by atoms with Crippen molar-refractivity contribution in [2.24, 2.45) is 0 Å². The number of carbonyl (C=O) groups is 3. The lowest BCUT2D eigenvalue weighted by Crippen LogP contribution is -2.36. The van der Waals surface area contributed by atoms with Crippen LogP contribution in [0.3, 0.4) is 0 Å². The van der Waals surface area contributed by atoms with E-state index in [0.29, 0.717) is 34.6 Å². The van der Waals surface area contributed by atoms with Crippen LogP contribution in [0.5, 0.6) is 5.75 Å². The second kappa shape index (κ2) is 11.7. The average Bonchev–Trinajstić information content (AvgIpc) is 3.23. The fraction of sp³-hybridized carbons (Fsp3) is 0.148. The molecule has 0 aliphatic rings. The molecule has 0 radical (unpaired) electrons. The van der Waals surface area contributed by atoms with E-state index in [1.54, 1.807) is 48.5 Å². The van der Waals surface area contributed by atoms with Crippen molar-refractivity contribution in [2.45, 2.75) is 19.8 Å². The minimum absolute atomic E-state index is 0.0761. The van der Waals surface area contributed by atoms with Gasteiger partial charge in [0.05, 0.1) is 12.1 Å². The molecule has 3 aromatic carbocycles. The normalized spacial score (nSPS) is 10.7. The molecule has 1 heterocycles. The molecule has 0 atom stereocenters. The Hall–Kier alpha value is -4.18. The van der Waals surface area contributed by atoms with Crippen molar-refractivity contribution in [3.63, 3.8) is 0 Å². The Morgan fingerprint density at radius 3 is 2.27 bits per heavy atom. The van der Waals surface area contributed by atoms with E-state index in [2.05, 4.69) is 38.9 Å². The van der Waals surface area contributed by atoms with Gasteiger partial charge in [0.25, 0.3) is 5.91 Å². The van der Waals surface area contributed by atoms with Gasteiger partial charge in [-0.15, -0.1) is 0 Å². The van der Waals surface area contributed by atoms with Crippen LogP contribution in [0.25, 0.3) is 10.9 Å². The molecule has 0 aliphatic carbocycles. The van der Waals surface area contributed by atoms with Gasteiger partial charge in [-0.05, 0) is 79.2 Å². The Morgan fingerprint density at radius 2 is 1.57 bits per heavy atom. The number of rotatable bonds is 8. The van der Waals surface area contributed by atoms with E-state index < -0.39 is 23.5 Å². The van der Waals surface area contributed by atoms with Crippen LogP contribution in [0.15, 0.2) is 77.3 Å². The van der Waals surface area contributed by atoms with Crippen LogP contribution in [0.2, 0.25) is 0 Å². The minimum atomic E-state index is -0.973. The molecular formula is C27H24BrFN4O4. The van der Waals surface area contributed by atoms with Gasteiger partial charge in [-0.3, -0.25) is 19.8 Å². The number of amides is 3. The summed E-state index contributed by atoms with van der Waals surface area (Å²) in [5, 5.41) is 5.85. The standard InChI is InChI=1S/C27H24BrFN4O4/c1-2-3-14-37-22-11-9-21(10-12-22)31-26(35)27(36)32-33-23-13-4-18(28)15-17(23)16-24(33)25(34)30-20-7-5-19(29)6-8-20/h4-13,15-16H,2-3,14H2,1H3,(H,30,34)(H,31,35)(H,32,36). The fourth-order valence-electron chi connectivity index (χ4n) is 3.51. The highest BCUT2D eigenvalue weighted by molar-refractivity contribution is 9.10. The first-order valence-electron chi connectivity index (χ1n) is 11.6. The number of nitrogens with zero attached hydrogens (tertiary/aromatic N) is 1. The Bertz CT molecular complexity index is 1440. The van der Waals surface area contributed by atoms with E-state index in [1.165, 1.54) is 28.9 Å². The summed E-state index contributed by atoms with van der Waals surface area (Å²) < 4.78 is 20.9. The molecule has 3 N–H and O–H groups in total. The van der Waals surface area contributed by atoms with Gasteiger partial charge in [-0.1, -0.05) is 29.3 Å². The number of benzene rings is 3. The Morgan fingerprint density at radius 1 is 0.892 bits per heavy atom. The van der Waals surface area contributed by atoms with Crippen LogP contribution in [-0.2, 0) is 9.59 Å². The van der Waals surface area contributed by atoms with Crippen molar-refractivity contribution in [1.82, 2.24) is 4.68 Å². The first-order valence-corrected chi connectivity index (χ1v) is 12.4. The van der Waals surface area contributed by atoms with Gasteiger partial charge < -0.3 is 15.4 Å². The smallest absolute Gasteiger partial charge is 0.328 e. The summed E-state index contributed by atoms with van der Waals surface area (Å²) in [5.41, 5.74) is 3.86. The zero-order chi connectivity index (χ0) is 26.4. The van der Waals surface area contributed by atoms with Crippen LogP contribution < -0.4 is 20.8 Å². The van der Waals surface area contributed by atoms with Gasteiger partial charge in [-0.2, -0.15) is 0 Å². The second-order valence-electron chi connectivity index (χ2n) is 8.15. The summed E-state index contributed by atoms with van der Waals surface area (Å²) in [6, 6.07) is 18.8. The topological polar surface area (TPSA) is 101 Å². The number of hydrogen-bond donors (Lipinski definition) is 3. The number of aromatic nitrogens is 1. The number of fused-ring (bicyclic) bond motifs is 1. The van der Waals surface area contributed by atoms with E-state index in [9.17, 15) is 18.8 Å². The van der Waals surface area contributed by atoms with Gasteiger partial charge in [0, 0.05) is 21.2 Å². The summed E-state index contributed by atoms with van der Waals surface area (Å²) in [7, 11) is 0. The van der Waals surface area contributed by atoms with Gasteiger partial charge in [-0.25, -0.2) is 9.07 Å².